The first-order valence-electron chi connectivity index (χ1n) is 6.85. The van der Waals surface area contributed by atoms with E-state index in [0.29, 0.717) is 17.3 Å². The van der Waals surface area contributed by atoms with E-state index in [4.69, 9.17) is 16.3 Å². The number of aryl methyl sites for hydroxylation is 1. The second kappa shape index (κ2) is 7.70. The van der Waals surface area contributed by atoms with Crippen LogP contribution in [0, 0.1) is 6.92 Å². The predicted octanol–water partition coefficient (Wildman–Crippen LogP) is 3.39. The molecule has 1 amide bonds. The number of hydrogen-bond donors (Lipinski definition) is 1. The van der Waals surface area contributed by atoms with E-state index in [1.165, 1.54) is 11.1 Å². The molecule has 2 rings (SSSR count). The van der Waals surface area contributed by atoms with Gasteiger partial charge in [-0.25, -0.2) is 0 Å². The van der Waals surface area contributed by atoms with Crippen molar-refractivity contribution < 1.29 is 9.53 Å². The summed E-state index contributed by atoms with van der Waals surface area (Å²) in [6.45, 7) is 2.63. The van der Waals surface area contributed by atoms with Gasteiger partial charge in [0.2, 0.25) is 0 Å². The van der Waals surface area contributed by atoms with Crippen LogP contribution in [0.4, 0.5) is 0 Å². The van der Waals surface area contributed by atoms with Crippen LogP contribution in [0.5, 0.6) is 5.75 Å². The highest BCUT2D eigenvalue weighted by atomic mass is 35.5. The Morgan fingerprint density at radius 1 is 1.14 bits per heavy atom. The average Bonchev–Trinajstić information content (AvgIpc) is 2.48. The Kier molecular flexibility index (Phi) is 5.64. The van der Waals surface area contributed by atoms with Crippen molar-refractivity contribution in [3.8, 4) is 5.75 Å². The van der Waals surface area contributed by atoms with Crippen LogP contribution in [0.15, 0.2) is 48.5 Å². The summed E-state index contributed by atoms with van der Waals surface area (Å²) in [7, 11) is 0. The smallest absolute Gasteiger partial charge is 0.257 e. The predicted molar refractivity (Wildman–Crippen MR) is 84.8 cm³/mol. The molecular weight excluding hydrogens is 286 g/mol. The molecule has 3 nitrogen and oxygen atoms in total. The minimum absolute atomic E-state index is 0.0303. The number of benzene rings is 2. The number of para-hydroxylation sites is 1. The van der Waals surface area contributed by atoms with E-state index in [1.54, 1.807) is 12.1 Å². The van der Waals surface area contributed by atoms with Gasteiger partial charge in [-0.3, -0.25) is 4.79 Å². The minimum atomic E-state index is -0.150. The Bertz CT molecular complexity index is 613. The molecule has 1 N–H and O–H groups in total. The molecule has 2 aromatic rings. The van der Waals surface area contributed by atoms with E-state index >= 15 is 0 Å². The van der Waals surface area contributed by atoms with Crippen molar-refractivity contribution in [3.05, 3.63) is 64.7 Å². The second-order valence-corrected chi connectivity index (χ2v) is 5.15. The molecule has 0 saturated heterocycles. The van der Waals surface area contributed by atoms with E-state index in [-0.39, 0.29) is 12.5 Å². The first-order valence-corrected chi connectivity index (χ1v) is 7.23. The normalized spacial score (nSPS) is 10.2. The molecule has 0 spiro atoms. The number of carbonyl (C=O) groups excluding carboxylic acids is 1. The van der Waals surface area contributed by atoms with Crippen LogP contribution in [-0.4, -0.2) is 19.1 Å². The summed E-state index contributed by atoms with van der Waals surface area (Å²) >= 11 is 5.95. The Morgan fingerprint density at radius 2 is 1.86 bits per heavy atom. The molecule has 4 heteroatoms. The summed E-state index contributed by atoms with van der Waals surface area (Å²) in [5.74, 6) is 0.372. The quantitative estimate of drug-likeness (QED) is 0.888. The number of rotatable bonds is 6. The molecule has 0 fully saturated rings. The molecule has 0 bridgehead atoms. The number of hydrogen-bond acceptors (Lipinski definition) is 2. The van der Waals surface area contributed by atoms with E-state index in [2.05, 4.69) is 24.4 Å². The summed E-state index contributed by atoms with van der Waals surface area (Å²) in [5, 5.41) is 3.35. The topological polar surface area (TPSA) is 38.3 Å². The fraction of sp³-hybridized carbons (Fsp3) is 0.235. The van der Waals surface area contributed by atoms with Crippen LogP contribution >= 0.6 is 11.6 Å². The molecular formula is C17H18ClNO2. The SMILES string of the molecule is Cc1ccccc1CCNC(=O)COc1ccccc1Cl. The lowest BCUT2D eigenvalue weighted by Gasteiger charge is -2.09. The van der Waals surface area contributed by atoms with Gasteiger partial charge >= 0.3 is 0 Å². The van der Waals surface area contributed by atoms with Gasteiger partial charge in [0, 0.05) is 6.54 Å². The van der Waals surface area contributed by atoms with Gasteiger partial charge < -0.3 is 10.1 Å². The van der Waals surface area contributed by atoms with Crippen LogP contribution in [0.25, 0.3) is 0 Å². The molecule has 0 unspecified atom stereocenters. The Hall–Kier alpha value is -2.00. The standard InChI is InChI=1S/C17H18ClNO2/c1-13-6-2-3-7-14(13)10-11-19-17(20)12-21-16-9-5-4-8-15(16)18/h2-9H,10-12H2,1H3,(H,19,20). The highest BCUT2D eigenvalue weighted by molar-refractivity contribution is 6.32. The third-order valence-corrected chi connectivity index (χ3v) is 3.49. The monoisotopic (exact) mass is 303 g/mol. The van der Waals surface area contributed by atoms with Crippen molar-refractivity contribution in [3.63, 3.8) is 0 Å². The molecule has 2 aromatic carbocycles. The van der Waals surface area contributed by atoms with Crippen molar-refractivity contribution in [2.45, 2.75) is 13.3 Å². The molecule has 0 atom stereocenters. The van der Waals surface area contributed by atoms with Crippen molar-refractivity contribution in [1.29, 1.82) is 0 Å². The molecule has 0 aliphatic heterocycles. The Balaban J connectivity index is 1.73. The van der Waals surface area contributed by atoms with Gasteiger partial charge in [-0.05, 0) is 36.6 Å². The molecule has 0 aliphatic rings. The summed E-state index contributed by atoms with van der Waals surface area (Å²) in [6.07, 6.45) is 0.810. The lowest BCUT2D eigenvalue weighted by molar-refractivity contribution is -0.123. The van der Waals surface area contributed by atoms with E-state index < -0.39 is 0 Å². The highest BCUT2D eigenvalue weighted by Crippen LogP contribution is 2.22. The lowest BCUT2D eigenvalue weighted by Crippen LogP contribution is -2.30. The van der Waals surface area contributed by atoms with Crippen LogP contribution in [0.1, 0.15) is 11.1 Å². The van der Waals surface area contributed by atoms with Crippen molar-refractivity contribution >= 4 is 17.5 Å². The Morgan fingerprint density at radius 3 is 2.62 bits per heavy atom. The number of amides is 1. The van der Waals surface area contributed by atoms with Crippen LogP contribution < -0.4 is 10.1 Å². The highest BCUT2D eigenvalue weighted by Gasteiger charge is 2.05. The van der Waals surface area contributed by atoms with Gasteiger partial charge in [0.05, 0.1) is 5.02 Å². The van der Waals surface area contributed by atoms with Crippen molar-refractivity contribution in [2.24, 2.45) is 0 Å². The van der Waals surface area contributed by atoms with E-state index in [1.807, 2.05) is 24.3 Å². The van der Waals surface area contributed by atoms with Crippen molar-refractivity contribution in [2.75, 3.05) is 13.2 Å². The number of carbonyl (C=O) groups is 1. The molecule has 0 saturated carbocycles. The third-order valence-electron chi connectivity index (χ3n) is 3.17. The molecule has 0 aliphatic carbocycles. The van der Waals surface area contributed by atoms with Gasteiger partial charge in [0.1, 0.15) is 5.75 Å². The first kappa shape index (κ1) is 15.4. The van der Waals surface area contributed by atoms with Crippen molar-refractivity contribution in [1.82, 2.24) is 5.32 Å². The number of nitrogens with one attached hydrogen (secondary N) is 1. The maximum atomic E-state index is 11.7. The van der Waals surface area contributed by atoms with E-state index in [9.17, 15) is 4.79 Å². The van der Waals surface area contributed by atoms with E-state index in [0.717, 1.165) is 6.42 Å². The fourth-order valence-corrected chi connectivity index (χ4v) is 2.17. The minimum Gasteiger partial charge on any atom is -0.482 e. The fourth-order valence-electron chi connectivity index (χ4n) is 1.98. The maximum Gasteiger partial charge on any atom is 0.257 e. The number of ether oxygens (including phenoxy) is 1. The largest absolute Gasteiger partial charge is 0.482 e. The van der Waals surface area contributed by atoms with Crippen LogP contribution in [0.2, 0.25) is 5.02 Å². The zero-order chi connectivity index (χ0) is 15.1. The molecule has 110 valence electrons. The van der Waals surface area contributed by atoms with Gasteiger partial charge in [0.25, 0.3) is 5.91 Å². The summed E-state index contributed by atoms with van der Waals surface area (Å²) < 4.78 is 5.38. The first-order chi connectivity index (χ1) is 10.2. The molecule has 0 radical (unpaired) electrons. The van der Waals surface area contributed by atoms with Crippen LogP contribution in [0.3, 0.4) is 0 Å². The van der Waals surface area contributed by atoms with Gasteiger partial charge in [0.15, 0.2) is 6.61 Å². The summed E-state index contributed by atoms with van der Waals surface area (Å²) in [6, 6.07) is 15.3. The Labute approximate surface area is 129 Å². The molecule has 0 heterocycles. The zero-order valence-electron chi connectivity index (χ0n) is 11.9. The average molecular weight is 304 g/mol. The molecule has 0 aromatic heterocycles. The molecule has 21 heavy (non-hydrogen) atoms. The maximum absolute atomic E-state index is 11.7. The summed E-state index contributed by atoms with van der Waals surface area (Å²) in [4.78, 5) is 11.7. The lowest BCUT2D eigenvalue weighted by atomic mass is 10.1. The second-order valence-electron chi connectivity index (χ2n) is 4.75. The van der Waals surface area contributed by atoms with Gasteiger partial charge in [-0.15, -0.1) is 0 Å². The van der Waals surface area contributed by atoms with Crippen LogP contribution in [-0.2, 0) is 11.2 Å². The number of halogens is 1. The third kappa shape index (κ3) is 4.80. The van der Waals surface area contributed by atoms with Gasteiger partial charge in [-0.1, -0.05) is 48.0 Å². The summed E-state index contributed by atoms with van der Waals surface area (Å²) in [5.41, 5.74) is 2.48. The van der Waals surface area contributed by atoms with Gasteiger partial charge in [-0.2, -0.15) is 0 Å². The zero-order valence-corrected chi connectivity index (χ0v) is 12.7.